The Kier molecular flexibility index (Phi) is 4.45. The minimum Gasteiger partial charge on any atom is -0.465 e. The van der Waals surface area contributed by atoms with Gasteiger partial charge in [-0.05, 0) is 44.4 Å². The lowest BCUT2D eigenvalue weighted by Gasteiger charge is -2.41. The fourth-order valence-electron chi connectivity index (χ4n) is 3.04. The quantitative estimate of drug-likeness (QED) is 0.629. The number of hydrogen-bond acceptors (Lipinski definition) is 3. The number of amides is 1. The number of hydrogen-bond donors (Lipinski definition) is 1. The third-order valence-corrected chi connectivity index (χ3v) is 4.11. The van der Waals surface area contributed by atoms with Crippen LogP contribution < -0.4 is 0 Å². The number of carbonyl (C=O) groups is 2. The molecule has 0 spiro atoms. The molecule has 1 N–H and O–H groups in total. The summed E-state index contributed by atoms with van der Waals surface area (Å²) in [4.78, 5) is 23.9. The predicted molar refractivity (Wildman–Crippen MR) is 69.8 cm³/mol. The zero-order chi connectivity index (χ0) is 13.8. The molecule has 106 valence electrons. The summed E-state index contributed by atoms with van der Waals surface area (Å²) in [7, 11) is 0. The molecule has 2 fully saturated rings. The van der Waals surface area contributed by atoms with Gasteiger partial charge in [0, 0.05) is 19.2 Å². The lowest BCUT2D eigenvalue weighted by Crippen LogP contribution is -2.43. The second kappa shape index (κ2) is 6.08. The van der Waals surface area contributed by atoms with Gasteiger partial charge in [-0.2, -0.15) is 0 Å². The Balaban J connectivity index is 1.94. The first-order valence-corrected chi connectivity index (χ1v) is 6.97. The first-order chi connectivity index (χ1) is 9.11. The van der Waals surface area contributed by atoms with Crippen LogP contribution in [-0.4, -0.2) is 41.8 Å². The second-order valence-corrected chi connectivity index (χ2v) is 5.25. The van der Waals surface area contributed by atoms with Crippen molar-refractivity contribution in [1.82, 2.24) is 4.90 Å². The van der Waals surface area contributed by atoms with E-state index < -0.39 is 6.09 Å². The fraction of sp³-hybridized carbons (Fsp3) is 0.714. The molecule has 5 heteroatoms. The maximum absolute atomic E-state index is 11.4. The Morgan fingerprint density at radius 3 is 2.84 bits per heavy atom. The topological polar surface area (TPSA) is 66.8 Å². The summed E-state index contributed by atoms with van der Waals surface area (Å²) in [5, 5.41) is 9.05. The lowest BCUT2D eigenvalue weighted by atomic mass is 9.69. The summed E-state index contributed by atoms with van der Waals surface area (Å²) in [5.41, 5.74) is 1.13. The van der Waals surface area contributed by atoms with Crippen LogP contribution in [0.5, 0.6) is 0 Å². The molecule has 1 heterocycles. The molecule has 0 bridgehead atoms. The number of piperidine rings is 1. The normalized spacial score (nSPS) is 28.9. The van der Waals surface area contributed by atoms with Crippen LogP contribution in [0.2, 0.25) is 0 Å². The average Bonchev–Trinajstić information content (AvgIpc) is 2.35. The van der Waals surface area contributed by atoms with Crippen molar-refractivity contribution in [3.8, 4) is 0 Å². The molecule has 1 saturated heterocycles. The lowest BCUT2D eigenvalue weighted by molar-refractivity contribution is -0.137. The van der Waals surface area contributed by atoms with E-state index in [9.17, 15) is 9.59 Å². The van der Waals surface area contributed by atoms with Gasteiger partial charge in [0.15, 0.2) is 0 Å². The summed E-state index contributed by atoms with van der Waals surface area (Å²) in [6.45, 7) is 3.42. The fourth-order valence-corrected chi connectivity index (χ4v) is 3.04. The van der Waals surface area contributed by atoms with Crippen LogP contribution in [0.3, 0.4) is 0 Å². The molecule has 1 aliphatic heterocycles. The number of carboxylic acid groups (broad SMARTS) is 1. The average molecular weight is 267 g/mol. The maximum atomic E-state index is 11.4. The second-order valence-electron chi connectivity index (χ2n) is 5.25. The van der Waals surface area contributed by atoms with Crippen molar-refractivity contribution < 1.29 is 19.4 Å². The van der Waals surface area contributed by atoms with Crippen LogP contribution in [-0.2, 0) is 9.53 Å². The van der Waals surface area contributed by atoms with Crippen molar-refractivity contribution in [3.63, 3.8) is 0 Å². The number of esters is 1. The molecular weight excluding hydrogens is 246 g/mol. The highest BCUT2D eigenvalue weighted by molar-refractivity contribution is 5.83. The Morgan fingerprint density at radius 2 is 2.26 bits per heavy atom. The number of allylic oxidation sites excluding steroid dienone is 1. The largest absolute Gasteiger partial charge is 0.465 e. The van der Waals surface area contributed by atoms with Crippen LogP contribution in [0.25, 0.3) is 0 Å². The highest BCUT2D eigenvalue weighted by Gasteiger charge is 2.36. The van der Waals surface area contributed by atoms with E-state index in [-0.39, 0.29) is 5.97 Å². The van der Waals surface area contributed by atoms with Crippen molar-refractivity contribution in [1.29, 1.82) is 0 Å². The molecule has 1 amide bonds. The number of likely N-dealkylation sites (tertiary alicyclic amines) is 1. The molecule has 2 unspecified atom stereocenters. The first kappa shape index (κ1) is 13.9. The van der Waals surface area contributed by atoms with E-state index in [1.807, 2.05) is 0 Å². The van der Waals surface area contributed by atoms with Gasteiger partial charge in [-0.1, -0.05) is 5.57 Å². The third kappa shape index (κ3) is 3.28. The Morgan fingerprint density at radius 1 is 1.47 bits per heavy atom. The van der Waals surface area contributed by atoms with Crippen molar-refractivity contribution >= 4 is 12.1 Å². The van der Waals surface area contributed by atoms with E-state index in [4.69, 9.17) is 9.84 Å². The number of ether oxygens (including phenoxy) is 1. The monoisotopic (exact) mass is 267 g/mol. The van der Waals surface area contributed by atoms with E-state index in [1.165, 1.54) is 4.90 Å². The SMILES string of the molecule is CCOC(=O)C=C1CCC1C1CCCN(C(=O)O)C1. The summed E-state index contributed by atoms with van der Waals surface area (Å²) in [6, 6.07) is 0. The molecule has 0 aromatic heterocycles. The molecule has 0 aromatic rings. The van der Waals surface area contributed by atoms with E-state index in [1.54, 1.807) is 13.0 Å². The van der Waals surface area contributed by atoms with Crippen LogP contribution in [0.4, 0.5) is 4.79 Å². The predicted octanol–water partition coefficient (Wildman–Crippen LogP) is 2.28. The van der Waals surface area contributed by atoms with Crippen molar-refractivity contribution in [2.24, 2.45) is 11.8 Å². The van der Waals surface area contributed by atoms with Gasteiger partial charge in [-0.15, -0.1) is 0 Å². The molecule has 2 rings (SSSR count). The molecule has 0 aromatic carbocycles. The number of nitrogens with zero attached hydrogens (tertiary/aromatic N) is 1. The van der Waals surface area contributed by atoms with Gasteiger partial charge >= 0.3 is 12.1 Å². The molecule has 2 aliphatic rings. The Bertz CT molecular complexity index is 391. The third-order valence-electron chi connectivity index (χ3n) is 4.11. The van der Waals surface area contributed by atoms with E-state index in [2.05, 4.69) is 0 Å². The Hall–Kier alpha value is -1.52. The molecular formula is C14H21NO4. The zero-order valence-corrected chi connectivity index (χ0v) is 11.3. The number of rotatable bonds is 3. The molecule has 19 heavy (non-hydrogen) atoms. The number of carbonyl (C=O) groups excluding carboxylic acids is 1. The smallest absolute Gasteiger partial charge is 0.407 e. The zero-order valence-electron chi connectivity index (χ0n) is 11.3. The van der Waals surface area contributed by atoms with Crippen LogP contribution >= 0.6 is 0 Å². The van der Waals surface area contributed by atoms with Crippen LogP contribution in [0, 0.1) is 11.8 Å². The van der Waals surface area contributed by atoms with Crippen LogP contribution in [0.15, 0.2) is 11.6 Å². The van der Waals surface area contributed by atoms with Gasteiger partial charge in [0.05, 0.1) is 6.61 Å². The van der Waals surface area contributed by atoms with Crippen molar-refractivity contribution in [2.75, 3.05) is 19.7 Å². The molecule has 0 radical (unpaired) electrons. The summed E-state index contributed by atoms with van der Waals surface area (Å²) < 4.78 is 4.92. The van der Waals surface area contributed by atoms with Gasteiger partial charge in [-0.25, -0.2) is 9.59 Å². The molecule has 1 aliphatic carbocycles. The van der Waals surface area contributed by atoms with Gasteiger partial charge in [-0.3, -0.25) is 0 Å². The van der Waals surface area contributed by atoms with Crippen molar-refractivity contribution in [3.05, 3.63) is 11.6 Å². The Labute approximate surface area is 113 Å². The van der Waals surface area contributed by atoms with Gasteiger partial charge in [0.2, 0.25) is 0 Å². The molecule has 5 nitrogen and oxygen atoms in total. The summed E-state index contributed by atoms with van der Waals surface area (Å²) in [6.07, 6.45) is 4.74. The van der Waals surface area contributed by atoms with Crippen molar-refractivity contribution in [2.45, 2.75) is 32.6 Å². The summed E-state index contributed by atoms with van der Waals surface area (Å²) >= 11 is 0. The van der Waals surface area contributed by atoms with E-state index in [0.29, 0.717) is 31.5 Å². The molecule has 2 atom stereocenters. The highest BCUT2D eigenvalue weighted by Crippen LogP contribution is 2.42. The van der Waals surface area contributed by atoms with E-state index >= 15 is 0 Å². The first-order valence-electron chi connectivity index (χ1n) is 6.97. The summed E-state index contributed by atoms with van der Waals surface area (Å²) in [5.74, 6) is 0.457. The minimum atomic E-state index is -0.833. The molecule has 1 saturated carbocycles. The van der Waals surface area contributed by atoms with Crippen LogP contribution in [0.1, 0.15) is 32.6 Å². The van der Waals surface area contributed by atoms with Gasteiger partial charge in [0.25, 0.3) is 0 Å². The van der Waals surface area contributed by atoms with E-state index in [0.717, 1.165) is 31.3 Å². The minimum absolute atomic E-state index is 0.270. The standard InChI is InChI=1S/C14H21NO4/c1-2-19-13(16)8-10-5-6-12(10)11-4-3-7-15(9-11)14(17)18/h8,11-12H,2-7,9H2,1H3,(H,17,18). The van der Waals surface area contributed by atoms with Gasteiger partial charge < -0.3 is 14.7 Å². The maximum Gasteiger partial charge on any atom is 0.407 e. The van der Waals surface area contributed by atoms with Gasteiger partial charge in [0.1, 0.15) is 0 Å². The highest BCUT2D eigenvalue weighted by atomic mass is 16.5.